The van der Waals surface area contributed by atoms with Gasteiger partial charge in [0.05, 0.1) is 0 Å². The van der Waals surface area contributed by atoms with Crippen molar-refractivity contribution in [3.05, 3.63) is 63.9 Å². The Labute approximate surface area is 125 Å². The van der Waals surface area contributed by atoms with E-state index in [4.69, 9.17) is 16.3 Å². The van der Waals surface area contributed by atoms with Crippen LogP contribution in [0, 0.1) is 12.7 Å². The maximum absolute atomic E-state index is 13.2. The van der Waals surface area contributed by atoms with Gasteiger partial charge in [0.1, 0.15) is 18.2 Å². The highest BCUT2D eigenvalue weighted by molar-refractivity contribution is 9.08. The number of rotatable bonds is 4. The number of hydrogen-bond acceptors (Lipinski definition) is 1. The van der Waals surface area contributed by atoms with Gasteiger partial charge in [0, 0.05) is 21.5 Å². The van der Waals surface area contributed by atoms with Gasteiger partial charge in [-0.2, -0.15) is 0 Å². The zero-order chi connectivity index (χ0) is 13.8. The van der Waals surface area contributed by atoms with Crippen molar-refractivity contribution < 1.29 is 9.13 Å². The summed E-state index contributed by atoms with van der Waals surface area (Å²) < 4.78 is 19.0. The standard InChI is InChI=1S/C15H13BrClFO/c1-10-3-2-4-11(8-16)15(10)19-9-12-7-13(18)5-6-14(12)17/h2-7H,8-9H2,1H3. The van der Waals surface area contributed by atoms with Gasteiger partial charge in [0.25, 0.3) is 0 Å². The quantitative estimate of drug-likeness (QED) is 0.688. The second-order valence-corrected chi connectivity index (χ2v) is 5.19. The third-order valence-electron chi connectivity index (χ3n) is 2.82. The highest BCUT2D eigenvalue weighted by atomic mass is 79.9. The van der Waals surface area contributed by atoms with Gasteiger partial charge in [0.2, 0.25) is 0 Å². The molecule has 0 radical (unpaired) electrons. The van der Waals surface area contributed by atoms with Gasteiger partial charge in [-0.05, 0) is 30.7 Å². The fourth-order valence-electron chi connectivity index (χ4n) is 1.83. The summed E-state index contributed by atoms with van der Waals surface area (Å²) in [5.74, 6) is 0.508. The molecule has 0 aliphatic carbocycles. The average Bonchev–Trinajstić information content (AvgIpc) is 2.40. The van der Waals surface area contributed by atoms with E-state index in [1.165, 1.54) is 12.1 Å². The maximum atomic E-state index is 13.2. The zero-order valence-electron chi connectivity index (χ0n) is 10.4. The Balaban J connectivity index is 2.21. The third kappa shape index (κ3) is 3.48. The van der Waals surface area contributed by atoms with E-state index in [-0.39, 0.29) is 12.4 Å². The molecule has 1 nitrogen and oxygen atoms in total. The van der Waals surface area contributed by atoms with E-state index in [2.05, 4.69) is 15.9 Å². The highest BCUT2D eigenvalue weighted by Gasteiger charge is 2.08. The average molecular weight is 344 g/mol. The molecule has 0 saturated heterocycles. The lowest BCUT2D eigenvalue weighted by Crippen LogP contribution is -2.01. The molecule has 0 N–H and O–H groups in total. The summed E-state index contributed by atoms with van der Waals surface area (Å²) in [6.07, 6.45) is 0. The van der Waals surface area contributed by atoms with Crippen LogP contribution in [0.1, 0.15) is 16.7 Å². The number of para-hydroxylation sites is 1. The first kappa shape index (κ1) is 14.4. The Morgan fingerprint density at radius 1 is 1.21 bits per heavy atom. The number of aryl methyl sites for hydroxylation is 1. The molecule has 2 aromatic rings. The topological polar surface area (TPSA) is 9.23 Å². The van der Waals surface area contributed by atoms with E-state index in [0.29, 0.717) is 15.9 Å². The van der Waals surface area contributed by atoms with Crippen molar-refractivity contribution in [2.45, 2.75) is 18.9 Å². The van der Waals surface area contributed by atoms with Crippen LogP contribution in [0.4, 0.5) is 4.39 Å². The molecule has 2 aromatic carbocycles. The van der Waals surface area contributed by atoms with E-state index >= 15 is 0 Å². The molecule has 0 fully saturated rings. The van der Waals surface area contributed by atoms with Crippen molar-refractivity contribution in [3.63, 3.8) is 0 Å². The minimum Gasteiger partial charge on any atom is -0.488 e. The summed E-state index contributed by atoms with van der Waals surface area (Å²) in [6.45, 7) is 2.23. The SMILES string of the molecule is Cc1cccc(CBr)c1OCc1cc(F)ccc1Cl. The lowest BCUT2D eigenvalue weighted by atomic mass is 10.1. The van der Waals surface area contributed by atoms with Crippen LogP contribution in [-0.4, -0.2) is 0 Å². The van der Waals surface area contributed by atoms with E-state index < -0.39 is 0 Å². The van der Waals surface area contributed by atoms with Crippen molar-refractivity contribution in [1.29, 1.82) is 0 Å². The van der Waals surface area contributed by atoms with E-state index in [9.17, 15) is 4.39 Å². The molecule has 0 amide bonds. The molecule has 0 heterocycles. The van der Waals surface area contributed by atoms with Gasteiger partial charge in [-0.1, -0.05) is 45.7 Å². The van der Waals surface area contributed by atoms with Crippen LogP contribution < -0.4 is 4.74 Å². The van der Waals surface area contributed by atoms with Gasteiger partial charge >= 0.3 is 0 Å². The monoisotopic (exact) mass is 342 g/mol. The minimum absolute atomic E-state index is 0.251. The van der Waals surface area contributed by atoms with Gasteiger partial charge < -0.3 is 4.74 Å². The summed E-state index contributed by atoms with van der Waals surface area (Å²) >= 11 is 9.45. The van der Waals surface area contributed by atoms with Gasteiger partial charge in [-0.15, -0.1) is 0 Å². The predicted octanol–water partition coefficient (Wildman–Crippen LogP) is 5.26. The van der Waals surface area contributed by atoms with Gasteiger partial charge in [-0.3, -0.25) is 0 Å². The zero-order valence-corrected chi connectivity index (χ0v) is 12.8. The van der Waals surface area contributed by atoms with Crippen molar-refractivity contribution in [3.8, 4) is 5.75 Å². The smallest absolute Gasteiger partial charge is 0.126 e. The van der Waals surface area contributed by atoms with Crippen LogP contribution in [-0.2, 0) is 11.9 Å². The Morgan fingerprint density at radius 2 is 2.00 bits per heavy atom. The Hall–Kier alpha value is -1.06. The summed E-state index contributed by atoms with van der Waals surface area (Å²) in [6, 6.07) is 10.2. The van der Waals surface area contributed by atoms with Crippen LogP contribution in [0.2, 0.25) is 5.02 Å². The molecule has 0 atom stereocenters. The fraction of sp³-hybridized carbons (Fsp3) is 0.200. The van der Waals surface area contributed by atoms with E-state index in [1.807, 2.05) is 25.1 Å². The second kappa shape index (κ2) is 6.40. The number of ether oxygens (including phenoxy) is 1. The molecule has 0 spiro atoms. The first-order valence-electron chi connectivity index (χ1n) is 5.83. The van der Waals surface area contributed by atoms with Crippen molar-refractivity contribution in [1.82, 2.24) is 0 Å². The molecule has 0 aliphatic rings. The molecular weight excluding hydrogens is 331 g/mol. The number of halogens is 3. The predicted molar refractivity (Wildman–Crippen MR) is 79.6 cm³/mol. The van der Waals surface area contributed by atoms with Gasteiger partial charge in [-0.25, -0.2) is 4.39 Å². The third-order valence-corrected chi connectivity index (χ3v) is 3.79. The van der Waals surface area contributed by atoms with Crippen molar-refractivity contribution in [2.75, 3.05) is 0 Å². The molecule has 19 heavy (non-hydrogen) atoms. The molecule has 2 rings (SSSR count). The normalized spacial score (nSPS) is 10.5. The molecule has 0 aromatic heterocycles. The van der Waals surface area contributed by atoms with Crippen molar-refractivity contribution in [2.24, 2.45) is 0 Å². The minimum atomic E-state index is -0.312. The highest BCUT2D eigenvalue weighted by Crippen LogP contribution is 2.27. The van der Waals surface area contributed by atoms with Crippen LogP contribution >= 0.6 is 27.5 Å². The summed E-state index contributed by atoms with van der Waals surface area (Å²) in [7, 11) is 0. The molecule has 100 valence electrons. The van der Waals surface area contributed by atoms with Crippen LogP contribution in [0.5, 0.6) is 5.75 Å². The molecule has 0 bridgehead atoms. The fourth-order valence-corrected chi connectivity index (χ4v) is 2.44. The summed E-state index contributed by atoms with van der Waals surface area (Å²) in [5, 5.41) is 1.22. The molecular formula is C15H13BrClFO. The van der Waals surface area contributed by atoms with E-state index in [0.717, 1.165) is 16.9 Å². The lowest BCUT2D eigenvalue weighted by molar-refractivity contribution is 0.301. The first-order valence-corrected chi connectivity index (χ1v) is 7.33. The molecule has 0 saturated carbocycles. The maximum Gasteiger partial charge on any atom is 0.126 e. The van der Waals surface area contributed by atoms with Crippen LogP contribution in [0.15, 0.2) is 36.4 Å². The molecule has 0 unspecified atom stereocenters. The van der Waals surface area contributed by atoms with Crippen LogP contribution in [0.25, 0.3) is 0 Å². The number of benzene rings is 2. The van der Waals surface area contributed by atoms with Gasteiger partial charge in [0.15, 0.2) is 0 Å². The van der Waals surface area contributed by atoms with Crippen molar-refractivity contribution >= 4 is 27.5 Å². The first-order chi connectivity index (χ1) is 9.11. The van der Waals surface area contributed by atoms with E-state index in [1.54, 1.807) is 6.07 Å². The largest absolute Gasteiger partial charge is 0.488 e. The number of hydrogen-bond donors (Lipinski definition) is 0. The molecule has 0 aliphatic heterocycles. The Morgan fingerprint density at radius 3 is 2.74 bits per heavy atom. The second-order valence-electron chi connectivity index (χ2n) is 4.22. The Kier molecular flexibility index (Phi) is 4.83. The summed E-state index contributed by atoms with van der Waals surface area (Å²) in [5.41, 5.74) is 2.75. The lowest BCUT2D eigenvalue weighted by Gasteiger charge is -2.13. The van der Waals surface area contributed by atoms with Crippen LogP contribution in [0.3, 0.4) is 0 Å². The Bertz CT molecular complexity index is 586. The summed E-state index contributed by atoms with van der Waals surface area (Å²) in [4.78, 5) is 0. The number of alkyl halides is 1. The molecule has 4 heteroatoms.